The van der Waals surface area contributed by atoms with Gasteiger partial charge in [0, 0.05) is 6.54 Å². The number of carbonyl (C=O) groups is 2. The minimum atomic E-state index is -4.50. The first-order valence-electron chi connectivity index (χ1n) is 7.91. The fraction of sp³-hybridized carbons (Fsp3) is 0.375. The molecule has 0 spiro atoms. The van der Waals surface area contributed by atoms with Gasteiger partial charge in [0.25, 0.3) is 5.91 Å². The second-order valence-electron chi connectivity index (χ2n) is 5.94. The van der Waals surface area contributed by atoms with E-state index in [1.807, 2.05) is 0 Å². The number of hydrogen-bond acceptors (Lipinski definition) is 4. The average Bonchev–Trinajstić information content (AvgIpc) is 3.10. The van der Waals surface area contributed by atoms with Gasteiger partial charge in [0.1, 0.15) is 6.04 Å². The first-order valence-corrected chi connectivity index (χ1v) is 7.91. The van der Waals surface area contributed by atoms with E-state index in [0.717, 1.165) is 16.8 Å². The molecule has 26 heavy (non-hydrogen) atoms. The smallest absolute Gasteiger partial charge is 0.416 e. The molecule has 1 aromatic carbocycles. The van der Waals surface area contributed by atoms with Crippen LogP contribution >= 0.6 is 0 Å². The van der Waals surface area contributed by atoms with Crippen LogP contribution in [0.3, 0.4) is 0 Å². The van der Waals surface area contributed by atoms with Crippen molar-refractivity contribution >= 4 is 11.9 Å². The lowest BCUT2D eigenvalue weighted by molar-refractivity contribution is -0.143. The van der Waals surface area contributed by atoms with Crippen LogP contribution in [0, 0.1) is 0 Å². The van der Waals surface area contributed by atoms with Gasteiger partial charge in [0.05, 0.1) is 17.4 Å². The van der Waals surface area contributed by atoms with Crippen LogP contribution in [0.15, 0.2) is 30.5 Å². The van der Waals surface area contributed by atoms with Crippen molar-refractivity contribution in [1.82, 2.24) is 19.9 Å². The van der Waals surface area contributed by atoms with Gasteiger partial charge < -0.3 is 10.0 Å². The van der Waals surface area contributed by atoms with Gasteiger partial charge in [0.2, 0.25) is 0 Å². The molecule has 2 aromatic rings. The number of aromatic nitrogens is 3. The van der Waals surface area contributed by atoms with Gasteiger partial charge in [-0.1, -0.05) is 11.3 Å². The Morgan fingerprint density at radius 1 is 1.23 bits per heavy atom. The maximum atomic E-state index is 12.8. The summed E-state index contributed by atoms with van der Waals surface area (Å²) >= 11 is 0. The highest BCUT2D eigenvalue weighted by Gasteiger charge is 2.34. The molecule has 1 unspecified atom stereocenters. The van der Waals surface area contributed by atoms with Crippen LogP contribution in [0.5, 0.6) is 0 Å². The third kappa shape index (κ3) is 3.53. The van der Waals surface area contributed by atoms with Crippen molar-refractivity contribution in [2.24, 2.45) is 0 Å². The van der Waals surface area contributed by atoms with Crippen LogP contribution in [0.1, 0.15) is 35.3 Å². The second kappa shape index (κ2) is 6.77. The number of rotatable bonds is 3. The van der Waals surface area contributed by atoms with Crippen LogP contribution in [0.4, 0.5) is 13.2 Å². The molecule has 1 fully saturated rings. The number of halogens is 3. The van der Waals surface area contributed by atoms with Gasteiger partial charge in [-0.15, -0.1) is 5.10 Å². The molecule has 1 amide bonds. The number of aliphatic carboxylic acids is 1. The predicted octanol–water partition coefficient (Wildman–Crippen LogP) is 2.37. The Morgan fingerprint density at radius 3 is 2.69 bits per heavy atom. The molecule has 1 atom stereocenters. The minimum absolute atomic E-state index is 0.0970. The Balaban J connectivity index is 1.86. The molecule has 0 saturated carbocycles. The van der Waals surface area contributed by atoms with Crippen LogP contribution in [-0.4, -0.2) is 49.5 Å². The molecular formula is C16H15F3N4O3. The van der Waals surface area contributed by atoms with Crippen LogP contribution in [0.25, 0.3) is 5.69 Å². The van der Waals surface area contributed by atoms with E-state index in [1.165, 1.54) is 23.2 Å². The van der Waals surface area contributed by atoms with E-state index < -0.39 is 29.7 Å². The van der Waals surface area contributed by atoms with Crippen molar-refractivity contribution in [2.45, 2.75) is 31.5 Å². The summed E-state index contributed by atoms with van der Waals surface area (Å²) in [7, 11) is 0. The summed E-state index contributed by atoms with van der Waals surface area (Å²) in [6, 6.07) is 3.52. The third-order valence-electron chi connectivity index (χ3n) is 4.20. The van der Waals surface area contributed by atoms with Gasteiger partial charge in [0.15, 0.2) is 5.69 Å². The van der Waals surface area contributed by atoms with Gasteiger partial charge in [-0.05, 0) is 37.5 Å². The molecule has 1 aromatic heterocycles. The van der Waals surface area contributed by atoms with E-state index in [0.29, 0.717) is 19.3 Å². The van der Waals surface area contributed by atoms with Crippen molar-refractivity contribution in [3.05, 3.63) is 41.7 Å². The zero-order chi connectivity index (χ0) is 18.9. The number of carboxylic acids is 1. The number of piperidine rings is 1. The molecule has 0 aliphatic carbocycles. The first kappa shape index (κ1) is 17.9. The molecule has 2 heterocycles. The summed E-state index contributed by atoms with van der Waals surface area (Å²) in [4.78, 5) is 25.1. The number of nitrogens with zero attached hydrogens (tertiary/aromatic N) is 4. The highest BCUT2D eigenvalue weighted by molar-refractivity contribution is 5.94. The molecule has 138 valence electrons. The molecule has 1 aliphatic rings. The van der Waals surface area contributed by atoms with E-state index in [4.69, 9.17) is 0 Å². The summed E-state index contributed by atoms with van der Waals surface area (Å²) in [5.74, 6) is -1.70. The summed E-state index contributed by atoms with van der Waals surface area (Å²) in [5.41, 5.74) is -0.865. The van der Waals surface area contributed by atoms with E-state index in [9.17, 15) is 27.9 Å². The highest BCUT2D eigenvalue weighted by atomic mass is 19.4. The first-order chi connectivity index (χ1) is 12.3. The molecule has 0 radical (unpaired) electrons. The summed E-state index contributed by atoms with van der Waals surface area (Å²) in [6.45, 7) is 0.284. The maximum absolute atomic E-state index is 12.8. The number of alkyl halides is 3. The number of carboxylic acid groups (broad SMARTS) is 1. The largest absolute Gasteiger partial charge is 0.480 e. The highest BCUT2D eigenvalue weighted by Crippen LogP contribution is 2.30. The molecule has 3 rings (SSSR count). The number of carbonyl (C=O) groups excluding carboxylic acids is 1. The van der Waals surface area contributed by atoms with Crippen molar-refractivity contribution in [1.29, 1.82) is 0 Å². The van der Waals surface area contributed by atoms with Crippen molar-refractivity contribution in [3.63, 3.8) is 0 Å². The zero-order valence-electron chi connectivity index (χ0n) is 13.5. The van der Waals surface area contributed by atoms with Gasteiger partial charge in [-0.25, -0.2) is 9.48 Å². The summed E-state index contributed by atoms with van der Waals surface area (Å²) in [6.07, 6.45) is -1.57. The molecule has 0 bridgehead atoms. The number of hydrogen-bond donors (Lipinski definition) is 1. The molecule has 1 N–H and O–H groups in total. The monoisotopic (exact) mass is 368 g/mol. The maximum Gasteiger partial charge on any atom is 0.416 e. The van der Waals surface area contributed by atoms with Gasteiger partial charge >= 0.3 is 12.1 Å². The predicted molar refractivity (Wildman–Crippen MR) is 82.7 cm³/mol. The summed E-state index contributed by atoms with van der Waals surface area (Å²) < 4.78 is 39.5. The Labute approximate surface area is 146 Å². The van der Waals surface area contributed by atoms with E-state index in [1.54, 1.807) is 0 Å². The third-order valence-corrected chi connectivity index (χ3v) is 4.20. The lowest BCUT2D eigenvalue weighted by Gasteiger charge is -2.32. The van der Waals surface area contributed by atoms with E-state index >= 15 is 0 Å². The van der Waals surface area contributed by atoms with Crippen LogP contribution < -0.4 is 0 Å². The molecule has 1 aliphatic heterocycles. The molecule has 7 nitrogen and oxygen atoms in total. The quantitative estimate of drug-likeness (QED) is 0.899. The Kier molecular flexibility index (Phi) is 4.66. The lowest BCUT2D eigenvalue weighted by Crippen LogP contribution is -2.48. The van der Waals surface area contributed by atoms with Gasteiger partial charge in [-0.3, -0.25) is 4.79 Å². The summed E-state index contributed by atoms with van der Waals surface area (Å²) in [5, 5.41) is 16.7. The SMILES string of the molecule is O=C(O)C1CCCCN1C(=O)c1cn(-c2cccc(C(F)(F)F)c2)nn1. The van der Waals surface area contributed by atoms with Crippen LogP contribution in [-0.2, 0) is 11.0 Å². The standard InChI is InChI=1S/C16H15F3N4O3/c17-16(18,19)10-4-3-5-11(8-10)23-9-12(20-21-23)14(24)22-7-2-1-6-13(22)15(25)26/h3-5,8-9,13H,1-2,6-7H2,(H,25,26). The fourth-order valence-corrected chi connectivity index (χ4v) is 2.89. The van der Waals surface area contributed by atoms with Crippen LogP contribution in [0.2, 0.25) is 0 Å². The molecule has 10 heteroatoms. The molecule has 1 saturated heterocycles. The topological polar surface area (TPSA) is 88.3 Å². The number of benzene rings is 1. The number of likely N-dealkylation sites (tertiary alicyclic amines) is 1. The van der Waals surface area contributed by atoms with E-state index in [2.05, 4.69) is 10.3 Å². The molecular weight excluding hydrogens is 353 g/mol. The van der Waals surface area contributed by atoms with Crippen molar-refractivity contribution in [3.8, 4) is 5.69 Å². The Bertz CT molecular complexity index is 834. The lowest BCUT2D eigenvalue weighted by atomic mass is 10.0. The van der Waals surface area contributed by atoms with Crippen molar-refractivity contribution < 1.29 is 27.9 Å². The normalized spacial score (nSPS) is 18.0. The number of amides is 1. The van der Waals surface area contributed by atoms with Gasteiger partial charge in [-0.2, -0.15) is 13.2 Å². The average molecular weight is 368 g/mol. The second-order valence-corrected chi connectivity index (χ2v) is 5.94. The van der Waals surface area contributed by atoms with Crippen molar-refractivity contribution in [2.75, 3.05) is 6.54 Å². The Hall–Kier alpha value is -2.91. The zero-order valence-corrected chi connectivity index (χ0v) is 13.5. The fourth-order valence-electron chi connectivity index (χ4n) is 2.89. The van der Waals surface area contributed by atoms with E-state index in [-0.39, 0.29) is 17.9 Å². The Morgan fingerprint density at radius 2 is 2.00 bits per heavy atom. The minimum Gasteiger partial charge on any atom is -0.480 e.